The standard InChI is InChI=1S/C13H11ClN8O7/c14-12-18-7(15)2-8(19-12)22(1-17-2)9-4(23)13(20-21-16)5(6(13)29-9)28-3(10(24)25)11(26)27/h1,3-6,9,23H,(H,24,25)(H,26,27)(H2,15,18,19)/t4-,5?,6+,9+,13?/m0/s1. The normalized spacial score (nSPS) is 30.2. The highest BCUT2D eigenvalue weighted by Crippen LogP contribution is 2.58. The summed E-state index contributed by atoms with van der Waals surface area (Å²) in [6, 6.07) is 0. The van der Waals surface area contributed by atoms with Crippen molar-refractivity contribution in [2.75, 3.05) is 5.73 Å². The summed E-state index contributed by atoms with van der Waals surface area (Å²) in [6.45, 7) is 0. The molecule has 15 nitrogen and oxygen atoms in total. The molecule has 2 fully saturated rings. The van der Waals surface area contributed by atoms with Crippen LogP contribution in [0.2, 0.25) is 5.28 Å². The maximum absolute atomic E-state index is 11.1. The zero-order chi connectivity index (χ0) is 21.1. The van der Waals surface area contributed by atoms with Gasteiger partial charge in [-0.15, -0.1) is 0 Å². The van der Waals surface area contributed by atoms with E-state index in [0.29, 0.717) is 0 Å². The van der Waals surface area contributed by atoms with E-state index in [1.54, 1.807) is 0 Å². The predicted molar refractivity (Wildman–Crippen MR) is 90.5 cm³/mol. The lowest BCUT2D eigenvalue weighted by Crippen LogP contribution is -2.40. The van der Waals surface area contributed by atoms with E-state index in [4.69, 9.17) is 42.6 Å². The highest BCUT2D eigenvalue weighted by molar-refractivity contribution is 6.28. The van der Waals surface area contributed by atoms with Gasteiger partial charge in [0.2, 0.25) is 5.28 Å². The van der Waals surface area contributed by atoms with E-state index in [9.17, 15) is 14.7 Å². The van der Waals surface area contributed by atoms with E-state index in [2.05, 4.69) is 25.0 Å². The topological polar surface area (TPSA) is 232 Å². The molecule has 152 valence electrons. The van der Waals surface area contributed by atoms with Gasteiger partial charge in [-0.05, 0) is 17.1 Å². The number of nitrogen functional groups attached to an aromatic ring is 1. The van der Waals surface area contributed by atoms with Gasteiger partial charge in [0.05, 0.1) is 6.33 Å². The number of ether oxygens (including phenoxy) is 2. The maximum Gasteiger partial charge on any atom is 0.344 e. The highest BCUT2D eigenvalue weighted by atomic mass is 35.5. The molecule has 0 bridgehead atoms. The second-order valence-corrected chi connectivity index (χ2v) is 6.62. The minimum Gasteiger partial charge on any atom is -0.479 e. The van der Waals surface area contributed by atoms with Crippen LogP contribution in [-0.4, -0.2) is 76.7 Å². The molecule has 0 amide bonds. The summed E-state index contributed by atoms with van der Waals surface area (Å²) in [5.41, 5.74) is 13.2. The summed E-state index contributed by atoms with van der Waals surface area (Å²) in [5.74, 6) is -3.52. The van der Waals surface area contributed by atoms with Gasteiger partial charge in [-0.2, -0.15) is 9.97 Å². The number of rotatable bonds is 6. The first-order chi connectivity index (χ1) is 13.7. The number of nitrogens with zero attached hydrogens (tertiary/aromatic N) is 7. The molecular weight excluding hydrogens is 416 g/mol. The quantitative estimate of drug-likeness (QED) is 0.148. The van der Waals surface area contributed by atoms with Gasteiger partial charge >= 0.3 is 11.9 Å². The zero-order valence-corrected chi connectivity index (χ0v) is 14.8. The number of imidazole rings is 1. The molecule has 1 saturated heterocycles. The van der Waals surface area contributed by atoms with E-state index < -0.39 is 48.1 Å². The van der Waals surface area contributed by atoms with Crippen LogP contribution in [0.3, 0.4) is 0 Å². The molecule has 3 heterocycles. The van der Waals surface area contributed by atoms with Crippen LogP contribution in [0.4, 0.5) is 5.82 Å². The molecule has 16 heteroatoms. The molecular formula is C13H11ClN8O7. The molecule has 4 rings (SSSR count). The first kappa shape index (κ1) is 19.1. The van der Waals surface area contributed by atoms with E-state index in [1.165, 1.54) is 10.9 Å². The SMILES string of the molecule is [N-]=[N+]=NC12C(OC(C(=O)O)C(=O)O)[C@H]1O[C@@H](n1cnc3c(N)nc(Cl)nc31)[C@@H]2O. The average Bonchev–Trinajstić information content (AvgIpc) is 2.90. The Morgan fingerprint density at radius 1 is 1.45 bits per heavy atom. The number of hydrogen-bond donors (Lipinski definition) is 4. The van der Waals surface area contributed by atoms with Gasteiger partial charge in [-0.25, -0.2) is 14.6 Å². The molecule has 5 N–H and O–H groups in total. The van der Waals surface area contributed by atoms with Crippen molar-refractivity contribution in [2.24, 2.45) is 5.11 Å². The van der Waals surface area contributed by atoms with Crippen molar-refractivity contribution in [3.63, 3.8) is 0 Å². The number of aliphatic hydroxyl groups is 1. The average molecular weight is 427 g/mol. The minimum atomic E-state index is -2.23. The molecule has 1 aliphatic heterocycles. The molecule has 2 aromatic heterocycles. The van der Waals surface area contributed by atoms with E-state index in [0.717, 1.165) is 0 Å². The Labute approximate surface area is 164 Å². The van der Waals surface area contributed by atoms with E-state index in [-0.39, 0.29) is 22.3 Å². The molecule has 2 aliphatic rings. The molecule has 1 aliphatic carbocycles. The fourth-order valence-corrected chi connectivity index (χ4v) is 3.59. The summed E-state index contributed by atoms with van der Waals surface area (Å²) in [4.78, 5) is 36.6. The van der Waals surface area contributed by atoms with Gasteiger partial charge in [-0.3, -0.25) is 4.57 Å². The molecule has 2 aromatic rings. The number of aliphatic carboxylic acids is 2. The highest BCUT2D eigenvalue weighted by Gasteiger charge is 2.79. The molecule has 29 heavy (non-hydrogen) atoms. The van der Waals surface area contributed by atoms with Crippen molar-refractivity contribution in [1.29, 1.82) is 0 Å². The summed E-state index contributed by atoms with van der Waals surface area (Å²) >= 11 is 5.81. The van der Waals surface area contributed by atoms with Crippen molar-refractivity contribution in [3.8, 4) is 0 Å². The Hall–Kier alpha value is -3.23. The number of aromatic nitrogens is 4. The van der Waals surface area contributed by atoms with Gasteiger partial charge in [0.1, 0.15) is 29.4 Å². The molecule has 1 saturated carbocycles. The summed E-state index contributed by atoms with van der Waals surface area (Å²) in [7, 11) is 0. The largest absolute Gasteiger partial charge is 0.479 e. The van der Waals surface area contributed by atoms with E-state index in [1.807, 2.05) is 0 Å². The number of aliphatic hydroxyl groups excluding tert-OH is 1. The number of nitrogens with two attached hydrogens (primary N) is 1. The molecule has 0 spiro atoms. The number of azide groups is 1. The Morgan fingerprint density at radius 2 is 2.14 bits per heavy atom. The van der Waals surface area contributed by atoms with Crippen LogP contribution in [0.15, 0.2) is 11.4 Å². The van der Waals surface area contributed by atoms with Crippen molar-refractivity contribution in [2.45, 2.75) is 36.2 Å². The third-order valence-electron chi connectivity index (χ3n) is 4.75. The Kier molecular flexibility index (Phi) is 4.21. The Balaban J connectivity index is 1.67. The number of carboxylic acids is 2. The predicted octanol–water partition coefficient (Wildman–Crippen LogP) is -0.694. The van der Waals surface area contributed by atoms with Gasteiger partial charge in [-0.1, -0.05) is 5.11 Å². The number of hydrogen-bond acceptors (Lipinski definition) is 10. The fraction of sp³-hybridized carbons (Fsp3) is 0.462. The van der Waals surface area contributed by atoms with Crippen LogP contribution in [0, 0.1) is 0 Å². The van der Waals surface area contributed by atoms with Crippen LogP contribution in [0.5, 0.6) is 0 Å². The Bertz CT molecular complexity index is 1070. The van der Waals surface area contributed by atoms with E-state index >= 15 is 0 Å². The second kappa shape index (κ2) is 6.40. The summed E-state index contributed by atoms with van der Waals surface area (Å²) in [6.07, 6.45) is -6.10. The summed E-state index contributed by atoms with van der Waals surface area (Å²) < 4.78 is 12.0. The minimum absolute atomic E-state index is 0.00637. The van der Waals surface area contributed by atoms with Gasteiger partial charge in [0.25, 0.3) is 6.10 Å². The molecule has 0 aromatic carbocycles. The molecule has 0 radical (unpaired) electrons. The third kappa shape index (κ3) is 2.64. The number of anilines is 1. The Morgan fingerprint density at radius 3 is 2.76 bits per heavy atom. The van der Waals surface area contributed by atoms with Crippen molar-refractivity contribution in [3.05, 3.63) is 22.1 Å². The van der Waals surface area contributed by atoms with Gasteiger partial charge < -0.3 is 30.5 Å². The number of fused-ring (bicyclic) bond motifs is 2. The van der Waals surface area contributed by atoms with Crippen molar-refractivity contribution < 1.29 is 34.4 Å². The molecule has 2 unspecified atom stereocenters. The maximum atomic E-state index is 11.1. The third-order valence-corrected chi connectivity index (χ3v) is 4.92. The number of carbonyl (C=O) groups is 2. The monoisotopic (exact) mass is 426 g/mol. The number of halogens is 1. The molecule has 5 atom stereocenters. The van der Waals surface area contributed by atoms with Crippen LogP contribution in [0.1, 0.15) is 6.23 Å². The smallest absolute Gasteiger partial charge is 0.344 e. The van der Waals surface area contributed by atoms with Crippen LogP contribution in [-0.2, 0) is 19.1 Å². The van der Waals surface area contributed by atoms with Gasteiger partial charge in [0.15, 0.2) is 17.7 Å². The zero-order valence-electron chi connectivity index (χ0n) is 14.0. The first-order valence-corrected chi connectivity index (χ1v) is 8.26. The van der Waals surface area contributed by atoms with Crippen LogP contribution >= 0.6 is 11.6 Å². The fourth-order valence-electron chi connectivity index (χ4n) is 3.42. The van der Waals surface area contributed by atoms with Crippen LogP contribution in [0.25, 0.3) is 21.6 Å². The lowest BCUT2D eigenvalue weighted by molar-refractivity contribution is -0.171. The number of carboxylic acid groups (broad SMARTS) is 2. The summed E-state index contributed by atoms with van der Waals surface area (Å²) in [5, 5.41) is 32.1. The van der Waals surface area contributed by atoms with Gasteiger partial charge in [0, 0.05) is 4.91 Å². The van der Waals surface area contributed by atoms with Crippen molar-refractivity contribution in [1.82, 2.24) is 19.5 Å². The second-order valence-electron chi connectivity index (χ2n) is 6.28. The lowest BCUT2D eigenvalue weighted by Gasteiger charge is -2.24. The van der Waals surface area contributed by atoms with Crippen molar-refractivity contribution >= 4 is 40.5 Å². The van der Waals surface area contributed by atoms with Crippen LogP contribution < -0.4 is 5.73 Å². The lowest BCUT2D eigenvalue weighted by atomic mass is 10.1. The first-order valence-electron chi connectivity index (χ1n) is 7.88.